The SMILES string of the molecule is N[C@@H](Cc1ccc2c(c1)OCCO2)CN1CCC(F)(F)CC1. The van der Waals surface area contributed by atoms with E-state index in [0.717, 1.165) is 17.1 Å². The molecule has 2 N–H and O–H groups in total. The highest BCUT2D eigenvalue weighted by Crippen LogP contribution is 2.31. The maximum atomic E-state index is 13.1. The zero-order chi connectivity index (χ0) is 15.6. The first-order valence-electron chi connectivity index (χ1n) is 7.76. The third-order valence-electron chi connectivity index (χ3n) is 4.18. The van der Waals surface area contributed by atoms with Crippen LogP contribution in [0.25, 0.3) is 0 Å². The van der Waals surface area contributed by atoms with Crippen LogP contribution in [-0.4, -0.2) is 49.7 Å². The molecule has 0 amide bonds. The van der Waals surface area contributed by atoms with E-state index in [9.17, 15) is 8.78 Å². The van der Waals surface area contributed by atoms with Crippen LogP contribution in [0.15, 0.2) is 18.2 Å². The monoisotopic (exact) mass is 312 g/mol. The number of alkyl halides is 2. The first-order valence-corrected chi connectivity index (χ1v) is 7.76. The van der Waals surface area contributed by atoms with Crippen LogP contribution in [0, 0.1) is 0 Å². The molecule has 2 aliphatic heterocycles. The van der Waals surface area contributed by atoms with Crippen molar-refractivity contribution in [3.05, 3.63) is 23.8 Å². The van der Waals surface area contributed by atoms with Gasteiger partial charge in [0.2, 0.25) is 0 Å². The van der Waals surface area contributed by atoms with Gasteiger partial charge in [0, 0.05) is 38.5 Å². The lowest BCUT2D eigenvalue weighted by Crippen LogP contribution is -2.45. The van der Waals surface area contributed by atoms with E-state index in [1.165, 1.54) is 0 Å². The Hall–Kier alpha value is -1.40. The summed E-state index contributed by atoms with van der Waals surface area (Å²) in [5.74, 6) is -0.980. The second-order valence-electron chi connectivity index (χ2n) is 6.10. The average molecular weight is 312 g/mol. The Bertz CT molecular complexity index is 515. The molecule has 6 heteroatoms. The van der Waals surface area contributed by atoms with E-state index in [1.54, 1.807) is 0 Å². The summed E-state index contributed by atoms with van der Waals surface area (Å²) in [7, 11) is 0. The number of nitrogens with two attached hydrogens (primary N) is 1. The zero-order valence-corrected chi connectivity index (χ0v) is 12.6. The van der Waals surface area contributed by atoms with Gasteiger partial charge in [0.05, 0.1) is 0 Å². The minimum Gasteiger partial charge on any atom is -0.486 e. The highest BCUT2D eigenvalue weighted by atomic mass is 19.3. The van der Waals surface area contributed by atoms with Gasteiger partial charge in [0.15, 0.2) is 11.5 Å². The molecule has 0 unspecified atom stereocenters. The molecule has 1 fully saturated rings. The number of ether oxygens (including phenoxy) is 2. The second kappa shape index (κ2) is 6.38. The number of piperidine rings is 1. The van der Waals surface area contributed by atoms with Crippen molar-refractivity contribution in [2.75, 3.05) is 32.8 Å². The lowest BCUT2D eigenvalue weighted by atomic mass is 10.0. The Morgan fingerprint density at radius 2 is 1.82 bits per heavy atom. The fourth-order valence-corrected chi connectivity index (χ4v) is 2.98. The molecule has 1 saturated heterocycles. The van der Waals surface area contributed by atoms with Crippen LogP contribution >= 0.6 is 0 Å². The number of nitrogens with zero attached hydrogens (tertiary/aromatic N) is 1. The molecule has 122 valence electrons. The molecular formula is C16H22F2N2O2. The minimum absolute atomic E-state index is 0.0657. The first-order chi connectivity index (χ1) is 10.5. The third-order valence-corrected chi connectivity index (χ3v) is 4.18. The van der Waals surface area contributed by atoms with Crippen LogP contribution < -0.4 is 15.2 Å². The molecule has 3 rings (SSSR count). The molecule has 0 bridgehead atoms. The number of rotatable bonds is 4. The van der Waals surface area contributed by atoms with Crippen molar-refractivity contribution in [1.29, 1.82) is 0 Å². The Kier molecular flexibility index (Phi) is 4.49. The number of fused-ring (bicyclic) bond motifs is 1. The summed E-state index contributed by atoms with van der Waals surface area (Å²) < 4.78 is 37.3. The topological polar surface area (TPSA) is 47.7 Å². The molecule has 1 atom stereocenters. The van der Waals surface area contributed by atoms with Crippen LogP contribution in [0.5, 0.6) is 11.5 Å². The minimum atomic E-state index is -2.50. The maximum Gasteiger partial charge on any atom is 0.250 e. The molecule has 4 nitrogen and oxygen atoms in total. The van der Waals surface area contributed by atoms with E-state index in [1.807, 2.05) is 23.1 Å². The summed E-state index contributed by atoms with van der Waals surface area (Å²) in [5.41, 5.74) is 7.26. The molecule has 1 aromatic rings. The average Bonchev–Trinajstić information content (AvgIpc) is 2.49. The molecule has 2 heterocycles. The van der Waals surface area contributed by atoms with Gasteiger partial charge < -0.3 is 20.1 Å². The fraction of sp³-hybridized carbons (Fsp3) is 0.625. The molecule has 1 aromatic carbocycles. The summed E-state index contributed by atoms with van der Waals surface area (Å²) in [6.45, 7) is 2.62. The van der Waals surface area contributed by atoms with E-state index >= 15 is 0 Å². The third kappa shape index (κ3) is 3.87. The van der Waals surface area contributed by atoms with Crippen molar-refractivity contribution in [3.8, 4) is 11.5 Å². The highest BCUT2D eigenvalue weighted by Gasteiger charge is 2.34. The second-order valence-corrected chi connectivity index (χ2v) is 6.10. The van der Waals surface area contributed by atoms with Crippen LogP contribution in [0.3, 0.4) is 0 Å². The van der Waals surface area contributed by atoms with E-state index in [2.05, 4.69) is 0 Å². The van der Waals surface area contributed by atoms with Gasteiger partial charge in [-0.25, -0.2) is 8.78 Å². The van der Waals surface area contributed by atoms with Gasteiger partial charge in [0.1, 0.15) is 13.2 Å². The first kappa shape index (κ1) is 15.5. The quantitative estimate of drug-likeness (QED) is 0.924. The lowest BCUT2D eigenvalue weighted by molar-refractivity contribution is -0.0558. The van der Waals surface area contributed by atoms with Crippen molar-refractivity contribution in [3.63, 3.8) is 0 Å². The van der Waals surface area contributed by atoms with Crippen LogP contribution in [-0.2, 0) is 6.42 Å². The summed E-state index contributed by atoms with van der Waals surface area (Å²) >= 11 is 0. The summed E-state index contributed by atoms with van der Waals surface area (Å²) in [5, 5.41) is 0. The van der Waals surface area contributed by atoms with Gasteiger partial charge in [-0.15, -0.1) is 0 Å². The van der Waals surface area contributed by atoms with Crippen LogP contribution in [0.1, 0.15) is 18.4 Å². The van der Waals surface area contributed by atoms with Crippen LogP contribution in [0.4, 0.5) is 8.78 Å². The molecule has 2 aliphatic rings. The highest BCUT2D eigenvalue weighted by molar-refractivity contribution is 5.44. The molecule has 0 aromatic heterocycles. The van der Waals surface area contributed by atoms with Crippen molar-refractivity contribution < 1.29 is 18.3 Å². The normalized spacial score (nSPS) is 22.3. The maximum absolute atomic E-state index is 13.1. The predicted molar refractivity (Wildman–Crippen MR) is 79.7 cm³/mol. The van der Waals surface area contributed by atoms with E-state index in [4.69, 9.17) is 15.2 Å². The predicted octanol–water partition coefficient (Wildman–Crippen LogP) is 2.06. The van der Waals surface area contributed by atoms with E-state index in [0.29, 0.717) is 39.3 Å². The Labute approximate surface area is 129 Å². The van der Waals surface area contributed by atoms with Gasteiger partial charge in [0.25, 0.3) is 5.92 Å². The molecule has 0 radical (unpaired) electrons. The molecule has 0 saturated carbocycles. The summed E-state index contributed by atoms with van der Waals surface area (Å²) in [4.78, 5) is 2.03. The molecular weight excluding hydrogens is 290 g/mol. The van der Waals surface area contributed by atoms with E-state index < -0.39 is 5.92 Å². The molecule has 0 aliphatic carbocycles. The number of halogens is 2. The Balaban J connectivity index is 1.52. The summed E-state index contributed by atoms with van der Waals surface area (Å²) in [6, 6.07) is 5.77. The smallest absolute Gasteiger partial charge is 0.250 e. The Morgan fingerprint density at radius 1 is 1.14 bits per heavy atom. The van der Waals surface area contributed by atoms with Gasteiger partial charge in [-0.05, 0) is 24.1 Å². The van der Waals surface area contributed by atoms with E-state index in [-0.39, 0.29) is 18.9 Å². The fourth-order valence-electron chi connectivity index (χ4n) is 2.98. The zero-order valence-electron chi connectivity index (χ0n) is 12.6. The van der Waals surface area contributed by atoms with Gasteiger partial charge >= 0.3 is 0 Å². The van der Waals surface area contributed by atoms with Crippen molar-refractivity contribution in [2.24, 2.45) is 5.73 Å². The van der Waals surface area contributed by atoms with Gasteiger partial charge in [-0.2, -0.15) is 0 Å². The standard InChI is InChI=1S/C16H22F2N2O2/c17-16(18)3-5-20(6-4-16)11-13(19)9-12-1-2-14-15(10-12)22-8-7-21-14/h1-2,10,13H,3-9,11,19H2/t13-/m0/s1. The largest absolute Gasteiger partial charge is 0.486 e. The summed E-state index contributed by atoms with van der Waals surface area (Å²) in [6.07, 6.45) is 0.566. The molecule has 22 heavy (non-hydrogen) atoms. The van der Waals surface area contributed by atoms with Crippen molar-refractivity contribution >= 4 is 0 Å². The number of hydrogen-bond acceptors (Lipinski definition) is 4. The van der Waals surface area contributed by atoms with Gasteiger partial charge in [-0.1, -0.05) is 6.07 Å². The lowest BCUT2D eigenvalue weighted by Gasteiger charge is -2.33. The van der Waals surface area contributed by atoms with Crippen molar-refractivity contribution in [2.45, 2.75) is 31.2 Å². The number of hydrogen-bond donors (Lipinski definition) is 1. The molecule has 0 spiro atoms. The van der Waals surface area contributed by atoms with Gasteiger partial charge in [-0.3, -0.25) is 0 Å². The van der Waals surface area contributed by atoms with Crippen molar-refractivity contribution in [1.82, 2.24) is 4.90 Å². The van der Waals surface area contributed by atoms with Crippen LogP contribution in [0.2, 0.25) is 0 Å². The number of benzene rings is 1. The number of likely N-dealkylation sites (tertiary alicyclic amines) is 1. The Morgan fingerprint density at radius 3 is 2.55 bits per heavy atom.